The van der Waals surface area contributed by atoms with Crippen LogP contribution in [0, 0.1) is 12.8 Å². The van der Waals surface area contributed by atoms with Gasteiger partial charge in [0.2, 0.25) is 5.95 Å². The smallest absolute Gasteiger partial charge is 0.413 e. The minimum absolute atomic E-state index is 0.0338. The molecule has 12 nitrogen and oxygen atoms in total. The Morgan fingerprint density at radius 2 is 1.84 bits per heavy atom. The number of anilines is 1. The van der Waals surface area contributed by atoms with Gasteiger partial charge >= 0.3 is 12.2 Å². The topological polar surface area (TPSA) is 158 Å². The van der Waals surface area contributed by atoms with Crippen molar-refractivity contribution in [2.24, 2.45) is 0 Å². The number of nitrogens with one attached hydrogen (secondary N) is 3. The summed E-state index contributed by atoms with van der Waals surface area (Å²) in [5, 5.41) is 25.4. The first-order valence-corrected chi connectivity index (χ1v) is 15.3. The van der Waals surface area contributed by atoms with E-state index in [1.165, 1.54) is 31.9 Å². The average Bonchev–Trinajstić information content (AvgIpc) is 3.82. The summed E-state index contributed by atoms with van der Waals surface area (Å²) in [7, 11) is 1.27. The van der Waals surface area contributed by atoms with Crippen LogP contribution in [0.25, 0.3) is 11.0 Å². The van der Waals surface area contributed by atoms with Crippen LogP contribution in [0.3, 0.4) is 0 Å². The molecule has 2 atom stereocenters. The Morgan fingerprint density at radius 1 is 1.14 bits per heavy atom. The third kappa shape index (κ3) is 11.7. The number of hydrogen-bond donors (Lipinski definition) is 5. The molecule has 1 aliphatic carbocycles. The second kappa shape index (κ2) is 18.8. The number of H-pyrrole nitrogens is 1. The van der Waals surface area contributed by atoms with E-state index < -0.39 is 24.3 Å². The summed E-state index contributed by atoms with van der Waals surface area (Å²) in [5.41, 5.74) is 2.28. The molecule has 3 aromatic rings. The highest BCUT2D eigenvalue weighted by Crippen LogP contribution is 2.31. The Labute approximate surface area is 261 Å². The molecule has 1 saturated heterocycles. The molecule has 1 aliphatic heterocycles. The third-order valence-electron chi connectivity index (χ3n) is 6.87. The predicted octanol–water partition coefficient (Wildman–Crippen LogP) is 5.21. The summed E-state index contributed by atoms with van der Waals surface area (Å²) in [6, 6.07) is 14.3. The van der Waals surface area contributed by atoms with Crippen molar-refractivity contribution >= 4 is 41.1 Å². The first-order chi connectivity index (χ1) is 21.4. The summed E-state index contributed by atoms with van der Waals surface area (Å²) < 4.78 is 11.2. The molecular weight excluding hydrogens is 586 g/mol. The quantitative estimate of drug-likeness (QED) is 0.109. The molecule has 44 heavy (non-hydrogen) atoms. The number of carbonyl (C=O) groups excluding carboxylic acids is 1. The molecule has 5 N–H and O–H groups in total. The molecule has 2 aliphatic rings. The molecule has 2 fully saturated rings. The minimum atomic E-state index is -1.20. The number of carbonyl (C=O) groups is 2. The molecule has 1 saturated carbocycles. The fraction of sp³-hybridized carbons (Fsp3) is 0.452. The summed E-state index contributed by atoms with van der Waals surface area (Å²) in [4.78, 5) is 37.4. The number of benzene rings is 2. The number of fused-ring (bicyclic) bond motifs is 1. The van der Waals surface area contributed by atoms with Gasteiger partial charge in [0.1, 0.15) is 0 Å². The van der Waals surface area contributed by atoms with Gasteiger partial charge in [-0.25, -0.2) is 14.6 Å². The number of terminal acetylenes is 1. The Morgan fingerprint density at radius 3 is 2.45 bits per heavy atom. The predicted molar refractivity (Wildman–Crippen MR) is 169 cm³/mol. The summed E-state index contributed by atoms with van der Waals surface area (Å²) in [6.07, 6.45) is 12.1. The van der Waals surface area contributed by atoms with E-state index in [0.717, 1.165) is 49.4 Å². The summed E-state index contributed by atoms with van der Waals surface area (Å²) in [6.45, 7) is 2.08. The number of aliphatic hydroxyl groups excluding tert-OH is 1. The molecule has 2 unspecified atom stereocenters. The van der Waals surface area contributed by atoms with Crippen molar-refractivity contribution in [3.05, 3.63) is 54.1 Å². The fourth-order valence-corrected chi connectivity index (χ4v) is 5.66. The van der Waals surface area contributed by atoms with Crippen LogP contribution >= 0.6 is 11.9 Å². The van der Waals surface area contributed by atoms with Crippen LogP contribution < -0.4 is 10.6 Å². The highest BCUT2D eigenvalue weighted by atomic mass is 32.2. The Hall–Kier alpha value is -3.80. The van der Waals surface area contributed by atoms with E-state index in [2.05, 4.69) is 38.2 Å². The van der Waals surface area contributed by atoms with Crippen LogP contribution in [0.4, 0.5) is 15.5 Å². The number of carboxylic acid groups (broad SMARTS) is 1. The number of ether oxygens (including phenoxy) is 2. The van der Waals surface area contributed by atoms with E-state index >= 15 is 0 Å². The van der Waals surface area contributed by atoms with Crippen LogP contribution in [0.15, 0.2) is 53.4 Å². The number of nitrogens with zero attached hydrogens (tertiary/aromatic N) is 2. The van der Waals surface area contributed by atoms with Gasteiger partial charge in [-0.1, -0.05) is 43.2 Å². The molecule has 2 aromatic carbocycles. The zero-order valence-corrected chi connectivity index (χ0v) is 25.6. The molecule has 13 heteroatoms. The van der Waals surface area contributed by atoms with Gasteiger partial charge in [-0.2, -0.15) is 0 Å². The lowest BCUT2D eigenvalue weighted by Gasteiger charge is -2.30. The number of methoxy groups -OCH3 is 1. The SMILES string of the molecule is C#C.C1CCOC1.COC(=O)Nc1nc2ccc(SN(CC(O)C(Cc3ccccc3)NC(=O)O)OC3CCCC3)cc2[nH]1. The summed E-state index contributed by atoms with van der Waals surface area (Å²) in [5.74, 6) is 0.266. The zero-order chi connectivity index (χ0) is 31.7. The average molecular weight is 628 g/mol. The number of hydrogen-bond acceptors (Lipinski definition) is 9. The van der Waals surface area contributed by atoms with Crippen molar-refractivity contribution in [2.75, 3.05) is 32.2 Å². The van der Waals surface area contributed by atoms with Gasteiger partial charge in [0.15, 0.2) is 0 Å². The Bertz CT molecular complexity index is 1300. The molecule has 0 radical (unpaired) electrons. The standard InChI is InChI=1S/C25H31N5O6S.C4H8O.C2H2/c1-35-25(34)29-23-26-19-12-11-18(14-20(19)27-23)37-30(36-17-9-5-6-10-17)15-22(31)21(28-24(32)33)13-16-7-3-2-4-8-16;1-2-4-5-3-1;1-2/h2-4,7-8,11-12,14,17,21-22,28,31H,5-6,9-10,13,15H2,1H3,(H,32,33)(H2,26,27,29,34);1-4H2;1-2H. The van der Waals surface area contributed by atoms with Crippen LogP contribution in [0.5, 0.6) is 0 Å². The van der Waals surface area contributed by atoms with E-state index in [1.807, 2.05) is 48.5 Å². The molecule has 2 amide bonds. The number of imidazole rings is 1. The zero-order valence-electron chi connectivity index (χ0n) is 24.8. The number of aromatic amines is 1. The lowest BCUT2D eigenvalue weighted by molar-refractivity contribution is -0.137. The number of hydroxylamine groups is 1. The van der Waals surface area contributed by atoms with Crippen molar-refractivity contribution in [1.82, 2.24) is 19.8 Å². The Kier molecular flexibility index (Phi) is 14.8. The van der Waals surface area contributed by atoms with Crippen molar-refractivity contribution < 1.29 is 34.1 Å². The lowest BCUT2D eigenvalue weighted by atomic mass is 10.0. The monoisotopic (exact) mass is 627 g/mol. The first kappa shape index (κ1) is 34.7. The Balaban J connectivity index is 0.000000675. The molecule has 2 heterocycles. The van der Waals surface area contributed by atoms with Crippen LogP contribution in [-0.2, 0) is 20.7 Å². The largest absolute Gasteiger partial charge is 0.465 e. The number of aliphatic hydroxyl groups is 1. The van der Waals surface area contributed by atoms with Gasteiger partial charge in [0, 0.05) is 18.1 Å². The van der Waals surface area contributed by atoms with E-state index in [1.54, 1.807) is 4.47 Å². The van der Waals surface area contributed by atoms with Crippen molar-refractivity contribution in [2.45, 2.75) is 68.1 Å². The van der Waals surface area contributed by atoms with Crippen LogP contribution in [0.2, 0.25) is 0 Å². The van der Waals surface area contributed by atoms with Gasteiger partial charge < -0.3 is 30.0 Å². The summed E-state index contributed by atoms with van der Waals surface area (Å²) >= 11 is 1.31. The number of aromatic nitrogens is 2. The van der Waals surface area contributed by atoms with E-state index in [0.29, 0.717) is 17.5 Å². The van der Waals surface area contributed by atoms with Crippen LogP contribution in [0.1, 0.15) is 44.1 Å². The lowest BCUT2D eigenvalue weighted by Crippen LogP contribution is -2.48. The van der Waals surface area contributed by atoms with E-state index in [-0.39, 0.29) is 18.6 Å². The van der Waals surface area contributed by atoms with Crippen molar-refractivity contribution in [3.63, 3.8) is 0 Å². The molecule has 0 spiro atoms. The van der Waals surface area contributed by atoms with E-state index in [4.69, 9.17) is 9.57 Å². The van der Waals surface area contributed by atoms with E-state index in [9.17, 15) is 19.8 Å². The van der Waals surface area contributed by atoms with Gasteiger partial charge in [-0.05, 0) is 67.8 Å². The normalized spacial score (nSPS) is 15.8. The first-order valence-electron chi connectivity index (χ1n) is 14.5. The number of amides is 2. The van der Waals surface area contributed by atoms with Crippen molar-refractivity contribution in [3.8, 4) is 12.8 Å². The highest BCUT2D eigenvalue weighted by molar-refractivity contribution is 7.97. The second-order valence-corrected chi connectivity index (χ2v) is 11.2. The highest BCUT2D eigenvalue weighted by Gasteiger charge is 2.28. The maximum absolute atomic E-state index is 11.5. The third-order valence-corrected chi connectivity index (χ3v) is 7.77. The molecular formula is C31H41N5O7S. The van der Waals surface area contributed by atoms with Gasteiger partial charge in [0.05, 0.1) is 42.9 Å². The van der Waals surface area contributed by atoms with Gasteiger partial charge in [-0.3, -0.25) is 10.2 Å². The number of rotatable bonds is 11. The molecule has 0 bridgehead atoms. The second-order valence-electron chi connectivity index (χ2n) is 10.1. The maximum atomic E-state index is 11.5. The van der Waals surface area contributed by atoms with Gasteiger partial charge in [-0.15, -0.1) is 17.3 Å². The molecule has 5 rings (SSSR count). The maximum Gasteiger partial charge on any atom is 0.413 e. The van der Waals surface area contributed by atoms with Crippen molar-refractivity contribution in [1.29, 1.82) is 0 Å². The van der Waals surface area contributed by atoms with Gasteiger partial charge in [0.25, 0.3) is 0 Å². The molecule has 238 valence electrons. The molecule has 1 aromatic heterocycles. The minimum Gasteiger partial charge on any atom is -0.465 e. The van der Waals surface area contributed by atoms with Crippen LogP contribution in [-0.4, -0.2) is 82.0 Å². The fourth-order valence-electron chi connectivity index (χ4n) is 4.73.